The molecule has 0 radical (unpaired) electrons. The number of likely N-dealkylation sites (N-methyl/N-ethyl adjacent to an activating group) is 1. The maximum atomic E-state index is 13.6. The first-order valence-corrected chi connectivity index (χ1v) is 13.5. The van der Waals surface area contributed by atoms with Crippen molar-refractivity contribution in [3.8, 4) is 0 Å². The lowest BCUT2D eigenvalue weighted by atomic mass is 10.0. The summed E-state index contributed by atoms with van der Waals surface area (Å²) in [5, 5.41) is 3.60. The van der Waals surface area contributed by atoms with Gasteiger partial charge in [-0.3, -0.25) is 0 Å². The zero-order valence-electron chi connectivity index (χ0n) is 23.1. The highest BCUT2D eigenvalue weighted by molar-refractivity contribution is 5.91. The average Bonchev–Trinajstić information content (AvgIpc) is 2.91. The molecule has 5 nitrogen and oxygen atoms in total. The zero-order chi connectivity index (χ0) is 30.0. The molecule has 0 saturated carbocycles. The van der Waals surface area contributed by atoms with Crippen LogP contribution in [0.25, 0.3) is 10.9 Å². The van der Waals surface area contributed by atoms with Gasteiger partial charge in [0, 0.05) is 36.0 Å². The highest BCUT2D eigenvalue weighted by Crippen LogP contribution is 2.33. The van der Waals surface area contributed by atoms with E-state index in [9.17, 15) is 26.3 Å². The fourth-order valence-corrected chi connectivity index (χ4v) is 4.28. The van der Waals surface area contributed by atoms with Crippen LogP contribution in [0.2, 0.25) is 0 Å². The van der Waals surface area contributed by atoms with Gasteiger partial charge in [-0.2, -0.15) is 26.3 Å². The van der Waals surface area contributed by atoms with Gasteiger partial charge in [0.15, 0.2) is 0 Å². The predicted octanol–water partition coefficient (Wildman–Crippen LogP) is 7.95. The first-order valence-electron chi connectivity index (χ1n) is 13.5. The van der Waals surface area contributed by atoms with E-state index in [4.69, 9.17) is 5.73 Å². The van der Waals surface area contributed by atoms with E-state index in [0.29, 0.717) is 46.8 Å². The number of nitrogens with zero attached hydrogens (tertiary/aromatic N) is 3. The number of alkyl halides is 6. The summed E-state index contributed by atoms with van der Waals surface area (Å²) in [6.07, 6.45) is -1.25. The molecule has 0 aliphatic carbocycles. The molecule has 0 saturated heterocycles. The molecular formula is C30H35F6N5. The van der Waals surface area contributed by atoms with E-state index >= 15 is 0 Å². The SMILES string of the molecule is CCCCCCN(C)CCc1nc(Nc2ccc(C(F)(F)F)cc2)c2ccc(C/C(=C\C=C/N)C(F)(F)F)cc2n1. The predicted molar refractivity (Wildman–Crippen MR) is 151 cm³/mol. The third kappa shape index (κ3) is 9.77. The van der Waals surface area contributed by atoms with Crippen LogP contribution in [0.15, 0.2) is 66.4 Å². The van der Waals surface area contributed by atoms with E-state index < -0.39 is 23.5 Å². The van der Waals surface area contributed by atoms with Crippen molar-refractivity contribution < 1.29 is 26.3 Å². The smallest absolute Gasteiger partial charge is 0.405 e. The van der Waals surface area contributed by atoms with Gasteiger partial charge in [-0.1, -0.05) is 38.3 Å². The summed E-state index contributed by atoms with van der Waals surface area (Å²) in [5.74, 6) is 0.835. The fraction of sp³-hybridized carbons (Fsp3) is 0.400. The number of hydrogen-bond acceptors (Lipinski definition) is 5. The van der Waals surface area contributed by atoms with Gasteiger partial charge in [-0.25, -0.2) is 9.97 Å². The van der Waals surface area contributed by atoms with Gasteiger partial charge in [0.25, 0.3) is 0 Å². The number of nitrogens with two attached hydrogens (primary N) is 1. The minimum Gasteiger partial charge on any atom is -0.405 e. The fourth-order valence-electron chi connectivity index (χ4n) is 4.28. The molecule has 41 heavy (non-hydrogen) atoms. The molecule has 0 aliphatic rings. The van der Waals surface area contributed by atoms with E-state index in [1.165, 1.54) is 18.6 Å². The monoisotopic (exact) mass is 579 g/mol. The highest BCUT2D eigenvalue weighted by atomic mass is 19.4. The number of aromatic nitrogens is 2. The molecule has 1 aromatic heterocycles. The van der Waals surface area contributed by atoms with E-state index in [0.717, 1.165) is 56.3 Å². The summed E-state index contributed by atoms with van der Waals surface area (Å²) in [4.78, 5) is 11.4. The molecule has 0 amide bonds. The first kappa shape index (κ1) is 31.9. The number of benzene rings is 2. The van der Waals surface area contributed by atoms with E-state index in [1.54, 1.807) is 18.2 Å². The Morgan fingerprint density at radius 2 is 1.68 bits per heavy atom. The highest BCUT2D eigenvalue weighted by Gasteiger charge is 2.33. The molecule has 0 atom stereocenters. The molecule has 0 aliphatic heterocycles. The summed E-state index contributed by atoms with van der Waals surface area (Å²) in [6.45, 7) is 3.74. The number of allylic oxidation sites excluding steroid dienone is 3. The van der Waals surface area contributed by atoms with Crippen molar-refractivity contribution in [3.63, 3.8) is 0 Å². The lowest BCUT2D eigenvalue weighted by Crippen LogP contribution is -2.23. The second-order valence-corrected chi connectivity index (χ2v) is 9.91. The minimum atomic E-state index is -4.54. The number of rotatable bonds is 13. The number of nitrogens with one attached hydrogen (secondary N) is 1. The van der Waals surface area contributed by atoms with Gasteiger partial charge in [0.05, 0.1) is 11.1 Å². The van der Waals surface area contributed by atoms with Crippen molar-refractivity contribution in [2.24, 2.45) is 5.73 Å². The van der Waals surface area contributed by atoms with Gasteiger partial charge in [0.1, 0.15) is 11.6 Å². The molecule has 0 bridgehead atoms. The molecule has 3 rings (SSSR count). The van der Waals surface area contributed by atoms with E-state index in [1.807, 2.05) is 7.05 Å². The Morgan fingerprint density at radius 3 is 2.32 bits per heavy atom. The second kappa shape index (κ2) is 14.3. The summed E-state index contributed by atoms with van der Waals surface area (Å²) in [7, 11) is 2.01. The molecule has 0 spiro atoms. The van der Waals surface area contributed by atoms with Gasteiger partial charge in [-0.15, -0.1) is 0 Å². The lowest BCUT2D eigenvalue weighted by molar-refractivity contribution is -0.137. The van der Waals surface area contributed by atoms with E-state index in [-0.39, 0.29) is 6.42 Å². The quantitative estimate of drug-likeness (QED) is 0.122. The van der Waals surface area contributed by atoms with Crippen LogP contribution in [0, 0.1) is 0 Å². The number of fused-ring (bicyclic) bond motifs is 1. The third-order valence-corrected chi connectivity index (χ3v) is 6.56. The number of unbranched alkanes of at least 4 members (excludes halogenated alkanes) is 3. The summed E-state index contributed by atoms with van der Waals surface area (Å²) in [6, 6.07) is 9.31. The van der Waals surface area contributed by atoms with Gasteiger partial charge in [0.2, 0.25) is 0 Å². The second-order valence-electron chi connectivity index (χ2n) is 9.91. The molecule has 3 aromatic rings. The van der Waals surface area contributed by atoms with Crippen molar-refractivity contribution in [1.29, 1.82) is 0 Å². The van der Waals surface area contributed by atoms with Crippen molar-refractivity contribution >= 4 is 22.4 Å². The average molecular weight is 580 g/mol. The first-order chi connectivity index (χ1) is 19.4. The van der Waals surface area contributed by atoms with Gasteiger partial charge in [-0.05, 0) is 74.3 Å². The molecule has 1 heterocycles. The van der Waals surface area contributed by atoms with Crippen LogP contribution in [0.3, 0.4) is 0 Å². The third-order valence-electron chi connectivity index (χ3n) is 6.56. The summed E-state index contributed by atoms with van der Waals surface area (Å²) < 4.78 is 79.8. The van der Waals surface area contributed by atoms with Crippen LogP contribution in [0.5, 0.6) is 0 Å². The molecule has 2 aromatic carbocycles. The van der Waals surface area contributed by atoms with Crippen LogP contribution in [0.1, 0.15) is 49.6 Å². The van der Waals surface area contributed by atoms with Crippen molar-refractivity contribution in [2.75, 3.05) is 25.5 Å². The molecule has 0 unspecified atom stereocenters. The Bertz CT molecular complexity index is 1330. The lowest BCUT2D eigenvalue weighted by Gasteiger charge is -2.17. The van der Waals surface area contributed by atoms with Crippen molar-refractivity contribution in [3.05, 3.63) is 83.3 Å². The molecule has 3 N–H and O–H groups in total. The largest absolute Gasteiger partial charge is 0.416 e. The van der Waals surface area contributed by atoms with Gasteiger partial charge < -0.3 is 16.0 Å². The standard InChI is InChI=1S/C30H35F6N5/c1-3-4-5-6-17-41(2)18-15-27-39-26-20-21(19-23(8-7-16-37)30(34,35)36)9-14-25(26)28(40-27)38-24-12-10-22(11-13-24)29(31,32)33/h7-14,16,20H,3-6,15,17-19,37H2,1-2H3,(H,38,39,40)/b16-7-,23-8+. The molecule has 222 valence electrons. The molecule has 11 heteroatoms. The summed E-state index contributed by atoms with van der Waals surface area (Å²) >= 11 is 0. The van der Waals surface area contributed by atoms with Crippen molar-refractivity contribution in [2.45, 2.75) is 57.8 Å². The van der Waals surface area contributed by atoms with E-state index in [2.05, 4.69) is 27.1 Å². The van der Waals surface area contributed by atoms with Crippen LogP contribution in [-0.4, -0.2) is 41.2 Å². The van der Waals surface area contributed by atoms with Gasteiger partial charge >= 0.3 is 12.4 Å². The minimum absolute atomic E-state index is 0.361. The van der Waals surface area contributed by atoms with Crippen LogP contribution in [-0.2, 0) is 19.0 Å². The molecule has 0 fully saturated rings. The Labute approximate surface area is 236 Å². The van der Waals surface area contributed by atoms with Crippen LogP contribution < -0.4 is 11.1 Å². The zero-order valence-corrected chi connectivity index (χ0v) is 23.1. The Kier molecular flexibility index (Phi) is 11.2. The topological polar surface area (TPSA) is 67.1 Å². The molecular weight excluding hydrogens is 544 g/mol. The normalized spacial score (nSPS) is 13.0. The number of hydrogen-bond donors (Lipinski definition) is 2. The Balaban J connectivity index is 1.93. The van der Waals surface area contributed by atoms with Crippen molar-refractivity contribution in [1.82, 2.24) is 14.9 Å². The Hall–Kier alpha value is -3.60. The van der Waals surface area contributed by atoms with Crippen LogP contribution in [0.4, 0.5) is 37.8 Å². The van der Waals surface area contributed by atoms with Crippen LogP contribution >= 0.6 is 0 Å². The number of halogens is 6. The Morgan fingerprint density at radius 1 is 0.951 bits per heavy atom. The summed E-state index contributed by atoms with van der Waals surface area (Å²) in [5.41, 5.74) is 4.90. The maximum absolute atomic E-state index is 13.6. The maximum Gasteiger partial charge on any atom is 0.416 e. The number of anilines is 2.